The van der Waals surface area contributed by atoms with Gasteiger partial charge < -0.3 is 5.11 Å². The number of phenols is 1. The Bertz CT molecular complexity index is 396. The monoisotopic (exact) mass is 261 g/mol. The van der Waals surface area contributed by atoms with Crippen molar-refractivity contribution < 1.29 is 5.11 Å². The molecular weight excluding hydrogens is 234 g/mol. The molecule has 19 heavy (non-hydrogen) atoms. The Balaban J connectivity index is 2.22. The number of aromatic hydroxyl groups is 1. The second-order valence-electron chi connectivity index (χ2n) is 6.36. The van der Waals surface area contributed by atoms with Gasteiger partial charge >= 0.3 is 0 Å². The summed E-state index contributed by atoms with van der Waals surface area (Å²) < 4.78 is 0. The van der Waals surface area contributed by atoms with Crippen molar-refractivity contribution in [2.24, 2.45) is 0 Å². The third kappa shape index (κ3) is 3.30. The first-order chi connectivity index (χ1) is 9.04. The highest BCUT2D eigenvalue weighted by Crippen LogP contribution is 2.40. The maximum atomic E-state index is 9.45. The maximum absolute atomic E-state index is 9.45. The van der Waals surface area contributed by atoms with E-state index < -0.39 is 0 Å². The molecule has 1 heterocycles. The van der Waals surface area contributed by atoms with Crippen molar-refractivity contribution in [2.45, 2.75) is 64.5 Å². The molecule has 1 fully saturated rings. The number of phenolic OH excluding ortho intramolecular Hbond substituents is 1. The standard InChI is InChI=1S/C17H27NO/c1-4-5-13-18-16(7-6-12-17(18,2)3)14-8-10-15(19)11-9-14/h8-11,16,19H,4-7,12-13H2,1-3H3. The van der Waals surface area contributed by atoms with Gasteiger partial charge in [0.1, 0.15) is 5.75 Å². The van der Waals surface area contributed by atoms with Crippen molar-refractivity contribution in [2.75, 3.05) is 6.54 Å². The molecule has 0 spiro atoms. The number of hydrogen-bond acceptors (Lipinski definition) is 2. The van der Waals surface area contributed by atoms with E-state index in [-0.39, 0.29) is 5.54 Å². The van der Waals surface area contributed by atoms with Crippen LogP contribution in [0.5, 0.6) is 5.75 Å². The number of benzene rings is 1. The number of nitrogens with zero attached hydrogens (tertiary/aromatic N) is 1. The second kappa shape index (κ2) is 5.96. The highest BCUT2D eigenvalue weighted by atomic mass is 16.3. The van der Waals surface area contributed by atoms with Crippen LogP contribution in [0.15, 0.2) is 24.3 Å². The molecule has 1 saturated heterocycles. The Kier molecular flexibility index (Phi) is 4.51. The van der Waals surface area contributed by atoms with Gasteiger partial charge in [-0.15, -0.1) is 0 Å². The molecular formula is C17H27NO. The summed E-state index contributed by atoms with van der Waals surface area (Å²) in [6, 6.07) is 8.31. The van der Waals surface area contributed by atoms with Gasteiger partial charge in [0.25, 0.3) is 0 Å². The third-order valence-electron chi connectivity index (χ3n) is 4.45. The Morgan fingerprint density at radius 2 is 1.95 bits per heavy atom. The van der Waals surface area contributed by atoms with E-state index in [9.17, 15) is 5.11 Å². The zero-order valence-electron chi connectivity index (χ0n) is 12.5. The van der Waals surface area contributed by atoms with Crippen LogP contribution in [0.1, 0.15) is 64.5 Å². The lowest BCUT2D eigenvalue weighted by molar-refractivity contribution is 0.0213. The quantitative estimate of drug-likeness (QED) is 0.862. The molecule has 1 aromatic carbocycles. The predicted molar refractivity (Wildman–Crippen MR) is 80.4 cm³/mol. The number of unbranched alkanes of at least 4 members (excludes halogenated alkanes) is 1. The average molecular weight is 261 g/mol. The highest BCUT2D eigenvalue weighted by Gasteiger charge is 2.36. The van der Waals surface area contributed by atoms with E-state index in [1.165, 1.54) is 44.2 Å². The molecule has 0 aliphatic carbocycles. The average Bonchev–Trinajstić information content (AvgIpc) is 2.37. The van der Waals surface area contributed by atoms with E-state index in [1.807, 2.05) is 12.1 Å². The van der Waals surface area contributed by atoms with Gasteiger partial charge in [0, 0.05) is 11.6 Å². The Morgan fingerprint density at radius 3 is 2.58 bits per heavy atom. The van der Waals surface area contributed by atoms with E-state index in [2.05, 4.69) is 37.8 Å². The summed E-state index contributed by atoms with van der Waals surface area (Å²) in [4.78, 5) is 2.67. The lowest BCUT2D eigenvalue weighted by atomic mass is 9.83. The molecule has 0 bridgehead atoms. The first kappa shape index (κ1) is 14.4. The van der Waals surface area contributed by atoms with Gasteiger partial charge in [-0.1, -0.05) is 25.5 Å². The summed E-state index contributed by atoms with van der Waals surface area (Å²) in [5.74, 6) is 0.360. The summed E-state index contributed by atoms with van der Waals surface area (Å²) in [6.45, 7) is 8.17. The summed E-state index contributed by atoms with van der Waals surface area (Å²) in [6.07, 6.45) is 6.32. The van der Waals surface area contributed by atoms with Crippen LogP contribution in [0.4, 0.5) is 0 Å². The first-order valence-corrected chi connectivity index (χ1v) is 7.60. The summed E-state index contributed by atoms with van der Waals surface area (Å²) in [7, 11) is 0. The molecule has 2 nitrogen and oxygen atoms in total. The molecule has 1 atom stereocenters. The fourth-order valence-electron chi connectivity index (χ4n) is 3.28. The minimum Gasteiger partial charge on any atom is -0.508 e. The molecule has 1 N–H and O–H groups in total. The van der Waals surface area contributed by atoms with Crippen LogP contribution in [-0.2, 0) is 0 Å². The fraction of sp³-hybridized carbons (Fsp3) is 0.647. The number of hydrogen-bond donors (Lipinski definition) is 1. The van der Waals surface area contributed by atoms with Gasteiger partial charge in [-0.2, -0.15) is 0 Å². The van der Waals surface area contributed by atoms with Crippen molar-refractivity contribution in [3.63, 3.8) is 0 Å². The SMILES string of the molecule is CCCCN1C(c2ccc(O)cc2)CCCC1(C)C. The Morgan fingerprint density at radius 1 is 1.26 bits per heavy atom. The van der Waals surface area contributed by atoms with Gasteiger partial charge in [-0.05, 0) is 63.8 Å². The van der Waals surface area contributed by atoms with Gasteiger partial charge in [0.15, 0.2) is 0 Å². The molecule has 2 rings (SSSR count). The Labute approximate surface area is 117 Å². The van der Waals surface area contributed by atoms with E-state index in [4.69, 9.17) is 0 Å². The van der Waals surface area contributed by atoms with Crippen molar-refractivity contribution in [3.05, 3.63) is 29.8 Å². The van der Waals surface area contributed by atoms with E-state index in [1.54, 1.807) is 0 Å². The smallest absolute Gasteiger partial charge is 0.115 e. The van der Waals surface area contributed by atoms with Crippen LogP contribution in [-0.4, -0.2) is 22.1 Å². The molecule has 106 valence electrons. The van der Waals surface area contributed by atoms with Crippen LogP contribution in [0.25, 0.3) is 0 Å². The van der Waals surface area contributed by atoms with Gasteiger partial charge in [-0.3, -0.25) is 4.90 Å². The fourth-order valence-corrected chi connectivity index (χ4v) is 3.28. The molecule has 0 amide bonds. The van der Waals surface area contributed by atoms with Gasteiger partial charge in [0.05, 0.1) is 0 Å². The molecule has 1 aliphatic heterocycles. The van der Waals surface area contributed by atoms with E-state index >= 15 is 0 Å². The lowest BCUT2D eigenvalue weighted by Crippen LogP contribution is -2.49. The predicted octanol–water partition coefficient (Wildman–Crippen LogP) is 4.50. The largest absolute Gasteiger partial charge is 0.508 e. The zero-order chi connectivity index (χ0) is 13.9. The zero-order valence-corrected chi connectivity index (χ0v) is 12.5. The molecule has 1 unspecified atom stereocenters. The third-order valence-corrected chi connectivity index (χ3v) is 4.45. The maximum Gasteiger partial charge on any atom is 0.115 e. The Hall–Kier alpha value is -1.02. The number of piperidine rings is 1. The van der Waals surface area contributed by atoms with E-state index in [0.717, 1.165) is 0 Å². The van der Waals surface area contributed by atoms with Gasteiger partial charge in [-0.25, -0.2) is 0 Å². The number of rotatable bonds is 4. The summed E-state index contributed by atoms with van der Waals surface area (Å²) in [5, 5.41) is 9.45. The number of likely N-dealkylation sites (tertiary alicyclic amines) is 1. The van der Waals surface area contributed by atoms with Gasteiger partial charge in [0.2, 0.25) is 0 Å². The van der Waals surface area contributed by atoms with Crippen molar-refractivity contribution >= 4 is 0 Å². The minimum atomic E-state index is 0.288. The van der Waals surface area contributed by atoms with Crippen molar-refractivity contribution in [1.29, 1.82) is 0 Å². The topological polar surface area (TPSA) is 23.5 Å². The highest BCUT2D eigenvalue weighted by molar-refractivity contribution is 5.28. The summed E-state index contributed by atoms with van der Waals surface area (Å²) in [5.41, 5.74) is 1.64. The van der Waals surface area contributed by atoms with E-state index in [0.29, 0.717) is 11.8 Å². The van der Waals surface area contributed by atoms with Crippen LogP contribution in [0, 0.1) is 0 Å². The van der Waals surface area contributed by atoms with Crippen LogP contribution >= 0.6 is 0 Å². The molecule has 1 aromatic rings. The normalized spacial score (nSPS) is 23.4. The van der Waals surface area contributed by atoms with Crippen LogP contribution in [0.2, 0.25) is 0 Å². The lowest BCUT2D eigenvalue weighted by Gasteiger charge is -2.48. The van der Waals surface area contributed by atoms with Crippen molar-refractivity contribution in [3.8, 4) is 5.75 Å². The molecule has 2 heteroatoms. The molecule has 0 saturated carbocycles. The molecule has 1 aliphatic rings. The molecule has 0 radical (unpaired) electrons. The van der Waals surface area contributed by atoms with Crippen LogP contribution in [0.3, 0.4) is 0 Å². The first-order valence-electron chi connectivity index (χ1n) is 7.60. The van der Waals surface area contributed by atoms with Crippen LogP contribution < -0.4 is 0 Å². The van der Waals surface area contributed by atoms with Crippen molar-refractivity contribution in [1.82, 2.24) is 4.90 Å². The minimum absolute atomic E-state index is 0.288. The second-order valence-corrected chi connectivity index (χ2v) is 6.36. The summed E-state index contributed by atoms with van der Waals surface area (Å²) >= 11 is 0. The molecule has 0 aromatic heterocycles.